The molecule has 2 rings (SSSR count). The molecule has 0 unspecified atom stereocenters. The molecule has 28 heavy (non-hydrogen) atoms. The van der Waals surface area contributed by atoms with E-state index in [-0.39, 0.29) is 17.2 Å². The highest BCUT2D eigenvalue weighted by molar-refractivity contribution is 7.89. The molecule has 0 aliphatic carbocycles. The van der Waals surface area contributed by atoms with Gasteiger partial charge >= 0.3 is 5.97 Å². The van der Waals surface area contributed by atoms with Crippen LogP contribution < -0.4 is 10.0 Å². The lowest BCUT2D eigenvalue weighted by molar-refractivity contribution is -0.173. The van der Waals surface area contributed by atoms with Gasteiger partial charge in [0, 0.05) is 6.42 Å². The molecule has 0 bridgehead atoms. The molecule has 0 saturated carbocycles. The lowest BCUT2D eigenvalue weighted by Crippen LogP contribution is -2.52. The van der Waals surface area contributed by atoms with Gasteiger partial charge in [-0.05, 0) is 30.9 Å². The van der Waals surface area contributed by atoms with Crippen molar-refractivity contribution < 1.29 is 27.5 Å². The van der Waals surface area contributed by atoms with Crippen molar-refractivity contribution in [1.82, 2.24) is 10.0 Å². The quantitative estimate of drug-likeness (QED) is 0.596. The number of hydrogen-bond acceptors (Lipinski definition) is 6. The van der Waals surface area contributed by atoms with Crippen molar-refractivity contribution in [3.05, 3.63) is 30.3 Å². The van der Waals surface area contributed by atoms with Crippen molar-refractivity contribution in [3.63, 3.8) is 0 Å². The lowest BCUT2D eigenvalue weighted by Gasteiger charge is -2.24. The molecule has 0 spiro atoms. The van der Waals surface area contributed by atoms with Crippen molar-refractivity contribution in [2.75, 3.05) is 6.61 Å². The summed E-state index contributed by atoms with van der Waals surface area (Å²) >= 11 is 0. The van der Waals surface area contributed by atoms with E-state index in [2.05, 4.69) is 10.0 Å². The first-order chi connectivity index (χ1) is 13.2. The van der Waals surface area contributed by atoms with Gasteiger partial charge in [0.05, 0.1) is 17.5 Å². The van der Waals surface area contributed by atoms with Crippen LogP contribution in [0.15, 0.2) is 35.2 Å². The van der Waals surface area contributed by atoms with Gasteiger partial charge in [0.25, 0.3) is 0 Å². The Morgan fingerprint density at radius 2 is 1.93 bits per heavy atom. The third-order valence-corrected chi connectivity index (χ3v) is 5.77. The van der Waals surface area contributed by atoms with Crippen molar-refractivity contribution in [2.24, 2.45) is 5.92 Å². The maximum absolute atomic E-state index is 12.8. The molecule has 1 aromatic carbocycles. The zero-order valence-corrected chi connectivity index (χ0v) is 17.2. The molecule has 1 aliphatic rings. The summed E-state index contributed by atoms with van der Waals surface area (Å²) in [6.07, 6.45) is 0.146. The largest absolute Gasteiger partial charge is 0.433 e. The highest BCUT2D eigenvalue weighted by Gasteiger charge is 2.35. The second-order valence-electron chi connectivity index (χ2n) is 7.10. The summed E-state index contributed by atoms with van der Waals surface area (Å²) in [5.74, 6) is -0.807. The summed E-state index contributed by atoms with van der Waals surface area (Å²) in [6, 6.07) is 6.43. The maximum atomic E-state index is 12.8. The topological polar surface area (TPSA) is 111 Å². The minimum absolute atomic E-state index is 0.0859. The Labute approximate surface area is 166 Å². The second kappa shape index (κ2) is 9.99. The Bertz CT molecular complexity index is 766. The van der Waals surface area contributed by atoms with Gasteiger partial charge < -0.3 is 14.8 Å². The van der Waals surface area contributed by atoms with E-state index in [1.165, 1.54) is 12.1 Å². The Morgan fingerprint density at radius 3 is 2.54 bits per heavy atom. The number of carbonyl (C=O) groups is 2. The van der Waals surface area contributed by atoms with Crippen LogP contribution in [-0.4, -0.2) is 45.3 Å². The van der Waals surface area contributed by atoms with Crippen LogP contribution in [0.4, 0.5) is 0 Å². The summed E-state index contributed by atoms with van der Waals surface area (Å²) in [5, 5.41) is 2.77. The number of hydrogen-bond donors (Lipinski definition) is 2. The van der Waals surface area contributed by atoms with Crippen LogP contribution in [0.3, 0.4) is 0 Å². The van der Waals surface area contributed by atoms with E-state index in [1.54, 1.807) is 25.1 Å². The van der Waals surface area contributed by atoms with Gasteiger partial charge in [0.15, 0.2) is 0 Å². The molecule has 1 amide bonds. The molecule has 8 nitrogen and oxygen atoms in total. The fourth-order valence-corrected chi connectivity index (χ4v) is 4.08. The number of benzene rings is 1. The van der Waals surface area contributed by atoms with E-state index in [4.69, 9.17) is 9.47 Å². The standard InChI is InChI=1S/C19H28N2O6S/c1-4-17(22)27-19-15(10-11-26-19)20-18(23)16(12-13(2)3)21-28(24,25)14-8-6-5-7-9-14/h5-9,13,15-16,19,21H,4,10-12H2,1-3H3,(H,20,23)/t15-,16-,19-/m0/s1. The van der Waals surface area contributed by atoms with Gasteiger partial charge in [0.2, 0.25) is 22.2 Å². The molecule has 1 aliphatic heterocycles. The zero-order valence-electron chi connectivity index (χ0n) is 16.4. The molecular formula is C19H28N2O6S. The zero-order chi connectivity index (χ0) is 20.7. The highest BCUT2D eigenvalue weighted by Crippen LogP contribution is 2.17. The van der Waals surface area contributed by atoms with Crippen molar-refractivity contribution in [3.8, 4) is 0 Å². The first-order valence-corrected chi connectivity index (χ1v) is 10.9. The number of esters is 1. The molecule has 3 atom stereocenters. The third kappa shape index (κ3) is 6.29. The highest BCUT2D eigenvalue weighted by atomic mass is 32.2. The maximum Gasteiger partial charge on any atom is 0.307 e. The predicted molar refractivity (Wildman–Crippen MR) is 103 cm³/mol. The summed E-state index contributed by atoms with van der Waals surface area (Å²) in [7, 11) is -3.85. The minimum Gasteiger partial charge on any atom is -0.433 e. The van der Waals surface area contributed by atoms with Gasteiger partial charge in [-0.2, -0.15) is 4.72 Å². The van der Waals surface area contributed by atoms with Gasteiger partial charge in [0.1, 0.15) is 6.04 Å². The number of sulfonamides is 1. The monoisotopic (exact) mass is 412 g/mol. The molecule has 0 aromatic heterocycles. The normalized spacial score (nSPS) is 20.7. The summed E-state index contributed by atoms with van der Waals surface area (Å²) in [4.78, 5) is 24.4. The van der Waals surface area contributed by atoms with E-state index in [1.807, 2.05) is 13.8 Å². The van der Waals surface area contributed by atoms with Crippen LogP contribution in [-0.2, 0) is 29.1 Å². The molecule has 0 radical (unpaired) electrons. The third-order valence-electron chi connectivity index (χ3n) is 4.28. The Hall–Kier alpha value is -1.97. The van der Waals surface area contributed by atoms with Crippen LogP contribution in [0.5, 0.6) is 0 Å². The number of rotatable bonds is 9. The Balaban J connectivity index is 2.09. The van der Waals surface area contributed by atoms with E-state index >= 15 is 0 Å². The van der Waals surface area contributed by atoms with E-state index in [0.717, 1.165) is 0 Å². The summed E-state index contributed by atoms with van der Waals surface area (Å²) < 4.78 is 38.3. The van der Waals surface area contributed by atoms with E-state index in [9.17, 15) is 18.0 Å². The predicted octanol–water partition coefficient (Wildman–Crippen LogP) is 1.56. The molecule has 1 heterocycles. The van der Waals surface area contributed by atoms with Gasteiger partial charge in [-0.15, -0.1) is 0 Å². The van der Waals surface area contributed by atoms with E-state index in [0.29, 0.717) is 19.4 Å². The second-order valence-corrected chi connectivity index (χ2v) is 8.82. The fourth-order valence-electron chi connectivity index (χ4n) is 2.85. The average molecular weight is 413 g/mol. The molecule has 9 heteroatoms. The summed E-state index contributed by atoms with van der Waals surface area (Å²) in [5.41, 5.74) is 0. The van der Waals surface area contributed by atoms with Crippen molar-refractivity contribution >= 4 is 21.9 Å². The fraction of sp³-hybridized carbons (Fsp3) is 0.579. The van der Waals surface area contributed by atoms with Crippen molar-refractivity contribution in [1.29, 1.82) is 0 Å². The van der Waals surface area contributed by atoms with Gasteiger partial charge in [-0.3, -0.25) is 9.59 Å². The smallest absolute Gasteiger partial charge is 0.307 e. The number of amides is 1. The molecule has 1 aromatic rings. The minimum atomic E-state index is -3.85. The molecule has 1 saturated heterocycles. The van der Waals surface area contributed by atoms with Crippen molar-refractivity contribution in [2.45, 2.75) is 63.3 Å². The van der Waals surface area contributed by atoms with Gasteiger partial charge in [-0.25, -0.2) is 8.42 Å². The number of nitrogens with one attached hydrogen (secondary N) is 2. The average Bonchev–Trinajstić information content (AvgIpc) is 3.07. The van der Waals surface area contributed by atoms with Crippen LogP contribution >= 0.6 is 0 Å². The SMILES string of the molecule is CCC(=O)O[C@@H]1OCC[C@@H]1NC(=O)[C@H](CC(C)C)NS(=O)(=O)c1ccccc1. The van der Waals surface area contributed by atoms with Crippen LogP contribution in [0.2, 0.25) is 0 Å². The van der Waals surface area contributed by atoms with Crippen LogP contribution in [0.25, 0.3) is 0 Å². The molecule has 156 valence electrons. The molecule has 2 N–H and O–H groups in total. The summed E-state index contributed by atoms with van der Waals surface area (Å²) in [6.45, 7) is 5.82. The Morgan fingerprint density at radius 1 is 1.25 bits per heavy atom. The number of ether oxygens (including phenoxy) is 2. The van der Waals surface area contributed by atoms with E-state index < -0.39 is 40.3 Å². The Kier molecular flexibility index (Phi) is 7.97. The first kappa shape index (κ1) is 22.3. The lowest BCUT2D eigenvalue weighted by atomic mass is 10.0. The van der Waals surface area contributed by atoms with Crippen LogP contribution in [0, 0.1) is 5.92 Å². The molecule has 1 fully saturated rings. The van der Waals surface area contributed by atoms with Crippen LogP contribution in [0.1, 0.15) is 40.0 Å². The molecular weight excluding hydrogens is 384 g/mol. The number of carbonyl (C=O) groups excluding carboxylic acids is 2. The first-order valence-electron chi connectivity index (χ1n) is 9.41. The van der Waals surface area contributed by atoms with Gasteiger partial charge in [-0.1, -0.05) is 39.0 Å².